The summed E-state index contributed by atoms with van der Waals surface area (Å²) >= 11 is 0. The summed E-state index contributed by atoms with van der Waals surface area (Å²) in [6.45, 7) is 10.9. The van der Waals surface area contributed by atoms with Crippen molar-refractivity contribution in [3.05, 3.63) is 0 Å². The highest BCUT2D eigenvalue weighted by molar-refractivity contribution is 4.92. The quantitative estimate of drug-likeness (QED) is 0.806. The van der Waals surface area contributed by atoms with Gasteiger partial charge in [0.15, 0.2) is 0 Å². The van der Waals surface area contributed by atoms with Crippen LogP contribution in [0.25, 0.3) is 0 Å². The molecule has 2 nitrogen and oxygen atoms in total. The number of hydrogen-bond acceptors (Lipinski definition) is 2. The van der Waals surface area contributed by atoms with E-state index < -0.39 is 0 Å². The van der Waals surface area contributed by atoms with Gasteiger partial charge in [0.05, 0.1) is 0 Å². The molecule has 1 heterocycles. The van der Waals surface area contributed by atoms with E-state index in [0.717, 1.165) is 18.6 Å². The minimum Gasteiger partial charge on any atom is -0.314 e. The standard InChI is InChI=1S/C16H32N2/c1-4-16(5-2)11-12-18(13-16)15-9-7-14(8-10-15)17-6-3/h14-15,17H,4-13H2,1-3H3. The molecule has 0 amide bonds. The second-order valence-corrected chi connectivity index (χ2v) is 6.49. The third kappa shape index (κ3) is 3.08. The third-order valence-electron chi connectivity index (χ3n) is 5.67. The van der Waals surface area contributed by atoms with Crippen molar-refractivity contribution in [2.45, 2.75) is 77.8 Å². The van der Waals surface area contributed by atoms with Crippen LogP contribution in [0, 0.1) is 5.41 Å². The van der Waals surface area contributed by atoms with Gasteiger partial charge in [-0.3, -0.25) is 4.90 Å². The molecule has 1 aliphatic heterocycles. The highest BCUT2D eigenvalue weighted by atomic mass is 15.2. The molecule has 2 heteroatoms. The van der Waals surface area contributed by atoms with Crippen LogP contribution in [-0.4, -0.2) is 36.6 Å². The molecule has 18 heavy (non-hydrogen) atoms. The molecule has 0 aromatic heterocycles. The van der Waals surface area contributed by atoms with E-state index in [-0.39, 0.29) is 0 Å². The maximum atomic E-state index is 3.62. The molecule has 0 aromatic carbocycles. The lowest BCUT2D eigenvalue weighted by molar-refractivity contribution is 0.149. The van der Waals surface area contributed by atoms with Crippen LogP contribution < -0.4 is 5.32 Å². The minimum atomic E-state index is 0.651. The van der Waals surface area contributed by atoms with Gasteiger partial charge in [-0.25, -0.2) is 0 Å². The number of nitrogens with zero attached hydrogens (tertiary/aromatic N) is 1. The zero-order valence-corrected chi connectivity index (χ0v) is 12.7. The zero-order chi connectivity index (χ0) is 13.0. The first-order valence-corrected chi connectivity index (χ1v) is 8.20. The first-order chi connectivity index (χ1) is 8.73. The maximum absolute atomic E-state index is 3.62. The van der Waals surface area contributed by atoms with E-state index in [1.54, 1.807) is 0 Å². The Hall–Kier alpha value is -0.0800. The van der Waals surface area contributed by atoms with Crippen LogP contribution in [0.15, 0.2) is 0 Å². The van der Waals surface area contributed by atoms with Gasteiger partial charge in [-0.1, -0.05) is 20.8 Å². The molecule has 0 aromatic rings. The fourth-order valence-corrected chi connectivity index (χ4v) is 4.04. The van der Waals surface area contributed by atoms with Gasteiger partial charge in [-0.2, -0.15) is 0 Å². The van der Waals surface area contributed by atoms with Gasteiger partial charge < -0.3 is 5.32 Å². The average molecular weight is 252 g/mol. The Kier molecular flexibility index (Phi) is 5.08. The fraction of sp³-hybridized carbons (Fsp3) is 1.00. The minimum absolute atomic E-state index is 0.651. The second kappa shape index (κ2) is 6.38. The number of nitrogens with one attached hydrogen (secondary N) is 1. The van der Waals surface area contributed by atoms with Crippen LogP contribution in [0.3, 0.4) is 0 Å². The third-order valence-corrected chi connectivity index (χ3v) is 5.67. The van der Waals surface area contributed by atoms with Crippen molar-refractivity contribution >= 4 is 0 Å². The van der Waals surface area contributed by atoms with Crippen molar-refractivity contribution in [3.63, 3.8) is 0 Å². The van der Waals surface area contributed by atoms with Crippen molar-refractivity contribution in [2.24, 2.45) is 5.41 Å². The van der Waals surface area contributed by atoms with Gasteiger partial charge in [-0.15, -0.1) is 0 Å². The van der Waals surface area contributed by atoms with E-state index in [4.69, 9.17) is 0 Å². The molecule has 2 aliphatic rings. The molecule has 0 unspecified atom stereocenters. The molecular formula is C16H32N2. The Labute approximate surface area is 114 Å². The summed E-state index contributed by atoms with van der Waals surface area (Å²) < 4.78 is 0. The van der Waals surface area contributed by atoms with Gasteiger partial charge in [0.1, 0.15) is 0 Å². The molecule has 1 saturated carbocycles. The van der Waals surface area contributed by atoms with Crippen LogP contribution in [0.4, 0.5) is 0 Å². The zero-order valence-electron chi connectivity index (χ0n) is 12.7. The van der Waals surface area contributed by atoms with Crippen LogP contribution in [0.1, 0.15) is 65.7 Å². The lowest BCUT2D eigenvalue weighted by Gasteiger charge is -2.36. The molecule has 0 atom stereocenters. The normalized spacial score (nSPS) is 32.8. The lowest BCUT2D eigenvalue weighted by Crippen LogP contribution is -2.42. The summed E-state index contributed by atoms with van der Waals surface area (Å²) in [6.07, 6.45) is 9.79. The van der Waals surface area contributed by atoms with Gasteiger partial charge in [0.25, 0.3) is 0 Å². The average Bonchev–Trinajstić information content (AvgIpc) is 2.85. The molecule has 106 valence electrons. The number of hydrogen-bond donors (Lipinski definition) is 1. The molecule has 1 N–H and O–H groups in total. The van der Waals surface area contributed by atoms with Crippen LogP contribution in [0.5, 0.6) is 0 Å². The van der Waals surface area contributed by atoms with Gasteiger partial charge >= 0.3 is 0 Å². The van der Waals surface area contributed by atoms with Crippen molar-refractivity contribution in [2.75, 3.05) is 19.6 Å². The van der Waals surface area contributed by atoms with Crippen molar-refractivity contribution in [1.82, 2.24) is 10.2 Å². The Morgan fingerprint density at radius 3 is 2.22 bits per heavy atom. The van der Waals surface area contributed by atoms with E-state index in [0.29, 0.717) is 5.41 Å². The predicted octanol–water partition coefficient (Wildman–Crippen LogP) is 3.42. The number of likely N-dealkylation sites (tertiary alicyclic amines) is 1. The van der Waals surface area contributed by atoms with Crippen molar-refractivity contribution in [3.8, 4) is 0 Å². The number of rotatable bonds is 5. The SMILES string of the molecule is CCNC1CCC(N2CCC(CC)(CC)C2)CC1. The molecule has 2 fully saturated rings. The molecule has 1 aliphatic carbocycles. The molecular weight excluding hydrogens is 220 g/mol. The summed E-state index contributed by atoms with van der Waals surface area (Å²) in [7, 11) is 0. The van der Waals surface area contributed by atoms with E-state index in [1.165, 1.54) is 58.0 Å². The fourth-order valence-electron chi connectivity index (χ4n) is 4.04. The van der Waals surface area contributed by atoms with Crippen LogP contribution in [-0.2, 0) is 0 Å². The van der Waals surface area contributed by atoms with Crippen molar-refractivity contribution < 1.29 is 0 Å². The molecule has 1 saturated heterocycles. The summed E-state index contributed by atoms with van der Waals surface area (Å²) in [5.41, 5.74) is 0.651. The first kappa shape index (κ1) is 14.3. The van der Waals surface area contributed by atoms with E-state index in [1.807, 2.05) is 0 Å². The Bertz CT molecular complexity index is 239. The lowest BCUT2D eigenvalue weighted by atomic mass is 9.81. The second-order valence-electron chi connectivity index (χ2n) is 6.49. The van der Waals surface area contributed by atoms with E-state index in [2.05, 4.69) is 31.0 Å². The van der Waals surface area contributed by atoms with Gasteiger partial charge in [-0.05, 0) is 63.5 Å². The van der Waals surface area contributed by atoms with E-state index in [9.17, 15) is 0 Å². The predicted molar refractivity (Wildman–Crippen MR) is 78.9 cm³/mol. The summed E-state index contributed by atoms with van der Waals surface area (Å²) in [5.74, 6) is 0. The highest BCUT2D eigenvalue weighted by Gasteiger charge is 2.38. The molecule has 0 spiro atoms. The Morgan fingerprint density at radius 2 is 1.72 bits per heavy atom. The first-order valence-electron chi connectivity index (χ1n) is 8.20. The highest BCUT2D eigenvalue weighted by Crippen LogP contribution is 2.39. The van der Waals surface area contributed by atoms with Crippen molar-refractivity contribution in [1.29, 1.82) is 0 Å². The summed E-state index contributed by atoms with van der Waals surface area (Å²) in [4.78, 5) is 2.81. The topological polar surface area (TPSA) is 15.3 Å². The molecule has 2 rings (SSSR count). The van der Waals surface area contributed by atoms with E-state index >= 15 is 0 Å². The summed E-state index contributed by atoms with van der Waals surface area (Å²) in [5, 5.41) is 3.62. The monoisotopic (exact) mass is 252 g/mol. The Balaban J connectivity index is 1.81. The van der Waals surface area contributed by atoms with Gasteiger partial charge in [0, 0.05) is 18.6 Å². The van der Waals surface area contributed by atoms with Crippen LogP contribution >= 0.6 is 0 Å². The van der Waals surface area contributed by atoms with Crippen LogP contribution in [0.2, 0.25) is 0 Å². The smallest absolute Gasteiger partial charge is 0.00966 e. The van der Waals surface area contributed by atoms with Gasteiger partial charge in [0.2, 0.25) is 0 Å². The maximum Gasteiger partial charge on any atom is 0.00966 e. The summed E-state index contributed by atoms with van der Waals surface area (Å²) in [6, 6.07) is 1.69. The largest absolute Gasteiger partial charge is 0.314 e. The Morgan fingerprint density at radius 1 is 1.06 bits per heavy atom. The molecule has 0 radical (unpaired) electrons. The molecule has 0 bridgehead atoms.